The maximum absolute atomic E-state index is 5.56. The highest BCUT2D eigenvalue weighted by atomic mass is 32.1. The van der Waals surface area contributed by atoms with E-state index in [1.807, 2.05) is 18.2 Å². The first-order valence-corrected chi connectivity index (χ1v) is 8.48. The average molecular weight is 343 g/mol. The lowest BCUT2D eigenvalue weighted by Crippen LogP contribution is -2.28. The number of aromatic nitrogens is 4. The lowest BCUT2D eigenvalue weighted by molar-refractivity contribution is 0.371. The topological polar surface area (TPSA) is 74.1 Å². The standard InChI is InChI=1S/C16H17N5O2S/c1-22-10-5-6-14(23-2)11(8-10)13-9-12(15-4-3-7-24-15)17-16-18-19-20-21(13)16/h3-8,12-13H,9H2,1-2H3,(H,17,18,20). The first-order valence-electron chi connectivity index (χ1n) is 7.60. The molecule has 2 aromatic heterocycles. The zero-order valence-electron chi connectivity index (χ0n) is 13.3. The van der Waals surface area contributed by atoms with Crippen LogP contribution in [0.1, 0.15) is 28.9 Å². The van der Waals surface area contributed by atoms with E-state index < -0.39 is 0 Å². The Balaban J connectivity index is 1.79. The molecule has 0 spiro atoms. The van der Waals surface area contributed by atoms with Gasteiger partial charge in [0, 0.05) is 10.4 Å². The van der Waals surface area contributed by atoms with Crippen molar-refractivity contribution < 1.29 is 9.47 Å². The molecule has 8 heteroatoms. The number of hydrogen-bond acceptors (Lipinski definition) is 7. The summed E-state index contributed by atoms with van der Waals surface area (Å²) in [5.41, 5.74) is 1.01. The van der Waals surface area contributed by atoms with Crippen molar-refractivity contribution in [2.45, 2.75) is 18.5 Å². The van der Waals surface area contributed by atoms with Crippen LogP contribution in [0.25, 0.3) is 0 Å². The Morgan fingerprint density at radius 1 is 1.25 bits per heavy atom. The Kier molecular flexibility index (Phi) is 3.81. The van der Waals surface area contributed by atoms with Gasteiger partial charge in [-0.05, 0) is 46.5 Å². The average Bonchev–Trinajstić information content (AvgIpc) is 3.31. The molecule has 1 aromatic carbocycles. The van der Waals surface area contributed by atoms with Gasteiger partial charge in [0.15, 0.2) is 0 Å². The minimum absolute atomic E-state index is 0.0339. The SMILES string of the molecule is COc1ccc(OC)c(C2CC(c3cccs3)Nc3nnnn32)c1. The molecule has 3 heterocycles. The number of rotatable bonds is 4. The first kappa shape index (κ1) is 14.9. The third-order valence-electron chi connectivity index (χ3n) is 4.23. The molecule has 1 aliphatic heterocycles. The lowest BCUT2D eigenvalue weighted by atomic mass is 9.96. The molecule has 0 saturated heterocycles. The van der Waals surface area contributed by atoms with Gasteiger partial charge in [-0.15, -0.1) is 11.3 Å². The van der Waals surface area contributed by atoms with Gasteiger partial charge in [-0.3, -0.25) is 0 Å². The maximum Gasteiger partial charge on any atom is 0.244 e. The van der Waals surface area contributed by atoms with Crippen molar-refractivity contribution in [1.29, 1.82) is 0 Å². The number of nitrogens with one attached hydrogen (secondary N) is 1. The van der Waals surface area contributed by atoms with Crippen molar-refractivity contribution in [2.24, 2.45) is 0 Å². The van der Waals surface area contributed by atoms with Crippen LogP contribution in [0.4, 0.5) is 5.95 Å². The van der Waals surface area contributed by atoms with Crippen molar-refractivity contribution in [3.63, 3.8) is 0 Å². The van der Waals surface area contributed by atoms with Gasteiger partial charge in [-0.2, -0.15) is 0 Å². The third kappa shape index (κ3) is 2.48. The van der Waals surface area contributed by atoms with Crippen LogP contribution in [-0.2, 0) is 0 Å². The molecule has 2 atom stereocenters. The summed E-state index contributed by atoms with van der Waals surface area (Å²) < 4.78 is 12.8. The molecule has 0 amide bonds. The number of tetrazole rings is 1. The monoisotopic (exact) mass is 343 g/mol. The maximum atomic E-state index is 5.56. The number of methoxy groups -OCH3 is 2. The fourth-order valence-electron chi connectivity index (χ4n) is 3.07. The van der Waals surface area contributed by atoms with Gasteiger partial charge in [-0.25, -0.2) is 4.68 Å². The van der Waals surface area contributed by atoms with E-state index in [9.17, 15) is 0 Å². The number of ether oxygens (including phenoxy) is 2. The van der Waals surface area contributed by atoms with Crippen molar-refractivity contribution in [3.05, 3.63) is 46.2 Å². The van der Waals surface area contributed by atoms with Gasteiger partial charge in [-0.1, -0.05) is 11.2 Å². The van der Waals surface area contributed by atoms with E-state index in [1.165, 1.54) is 4.88 Å². The molecule has 0 fully saturated rings. The molecule has 124 valence electrons. The van der Waals surface area contributed by atoms with Crippen molar-refractivity contribution >= 4 is 17.3 Å². The lowest BCUT2D eigenvalue weighted by Gasteiger charge is -2.31. The predicted octanol–water partition coefficient (Wildman–Crippen LogP) is 2.90. The second-order valence-electron chi connectivity index (χ2n) is 5.52. The summed E-state index contributed by atoms with van der Waals surface area (Å²) >= 11 is 1.73. The number of hydrogen-bond donors (Lipinski definition) is 1. The summed E-state index contributed by atoms with van der Waals surface area (Å²) in [5.74, 6) is 2.25. The molecule has 0 aliphatic carbocycles. The smallest absolute Gasteiger partial charge is 0.244 e. The second-order valence-corrected chi connectivity index (χ2v) is 6.50. The predicted molar refractivity (Wildman–Crippen MR) is 90.8 cm³/mol. The summed E-state index contributed by atoms with van der Waals surface area (Å²) in [6.45, 7) is 0. The summed E-state index contributed by atoms with van der Waals surface area (Å²) in [5, 5.41) is 17.6. The zero-order chi connectivity index (χ0) is 16.5. The Labute approximate surface area is 143 Å². The molecule has 0 radical (unpaired) electrons. The molecule has 1 N–H and O–H groups in total. The Hall–Kier alpha value is -2.61. The van der Waals surface area contributed by atoms with Crippen LogP contribution in [0.2, 0.25) is 0 Å². The molecule has 0 bridgehead atoms. The van der Waals surface area contributed by atoms with E-state index in [1.54, 1.807) is 30.2 Å². The fourth-order valence-corrected chi connectivity index (χ4v) is 3.86. The zero-order valence-corrected chi connectivity index (χ0v) is 14.2. The van der Waals surface area contributed by atoms with Gasteiger partial charge in [0.1, 0.15) is 11.5 Å². The van der Waals surface area contributed by atoms with Gasteiger partial charge >= 0.3 is 0 Å². The summed E-state index contributed by atoms with van der Waals surface area (Å²) in [6.07, 6.45) is 0.822. The van der Waals surface area contributed by atoms with Crippen LogP contribution < -0.4 is 14.8 Å². The van der Waals surface area contributed by atoms with Crippen LogP contribution >= 0.6 is 11.3 Å². The number of benzene rings is 1. The minimum atomic E-state index is -0.0339. The third-order valence-corrected chi connectivity index (χ3v) is 5.22. The molecule has 24 heavy (non-hydrogen) atoms. The van der Waals surface area contributed by atoms with Crippen LogP contribution in [0.15, 0.2) is 35.7 Å². The Morgan fingerprint density at radius 2 is 2.17 bits per heavy atom. The number of anilines is 1. The van der Waals surface area contributed by atoms with E-state index in [-0.39, 0.29) is 12.1 Å². The summed E-state index contributed by atoms with van der Waals surface area (Å²) in [6, 6.07) is 10.1. The van der Waals surface area contributed by atoms with Crippen LogP contribution in [0.3, 0.4) is 0 Å². The first-order chi connectivity index (χ1) is 11.8. The Morgan fingerprint density at radius 3 is 2.92 bits per heavy atom. The highest BCUT2D eigenvalue weighted by Crippen LogP contribution is 2.42. The minimum Gasteiger partial charge on any atom is -0.497 e. The summed E-state index contributed by atoms with van der Waals surface area (Å²) in [4.78, 5) is 1.26. The molecular weight excluding hydrogens is 326 g/mol. The van der Waals surface area contributed by atoms with Crippen molar-refractivity contribution in [2.75, 3.05) is 19.5 Å². The van der Waals surface area contributed by atoms with E-state index in [4.69, 9.17) is 9.47 Å². The quantitative estimate of drug-likeness (QED) is 0.785. The van der Waals surface area contributed by atoms with Crippen LogP contribution in [-0.4, -0.2) is 34.4 Å². The van der Waals surface area contributed by atoms with Crippen molar-refractivity contribution in [1.82, 2.24) is 20.2 Å². The van der Waals surface area contributed by atoms with E-state index in [0.29, 0.717) is 5.95 Å². The van der Waals surface area contributed by atoms with Gasteiger partial charge in [0.25, 0.3) is 0 Å². The number of nitrogens with zero attached hydrogens (tertiary/aromatic N) is 4. The molecular formula is C16H17N5O2S. The molecule has 0 saturated carbocycles. The molecule has 3 aromatic rings. The molecule has 7 nitrogen and oxygen atoms in total. The van der Waals surface area contributed by atoms with Gasteiger partial charge in [0.2, 0.25) is 5.95 Å². The normalized spacial score (nSPS) is 19.4. The number of thiophene rings is 1. The second kappa shape index (κ2) is 6.12. The van der Waals surface area contributed by atoms with E-state index in [0.717, 1.165) is 23.5 Å². The van der Waals surface area contributed by atoms with Crippen LogP contribution in [0.5, 0.6) is 11.5 Å². The van der Waals surface area contributed by atoms with Gasteiger partial charge < -0.3 is 14.8 Å². The van der Waals surface area contributed by atoms with Gasteiger partial charge in [0.05, 0.1) is 26.3 Å². The highest BCUT2D eigenvalue weighted by Gasteiger charge is 2.33. The van der Waals surface area contributed by atoms with Crippen LogP contribution in [0, 0.1) is 0 Å². The molecule has 1 aliphatic rings. The summed E-state index contributed by atoms with van der Waals surface area (Å²) in [7, 11) is 3.33. The van der Waals surface area contributed by atoms with Crippen molar-refractivity contribution in [3.8, 4) is 11.5 Å². The highest BCUT2D eigenvalue weighted by molar-refractivity contribution is 7.10. The number of fused-ring (bicyclic) bond motifs is 1. The van der Waals surface area contributed by atoms with E-state index >= 15 is 0 Å². The fraction of sp³-hybridized carbons (Fsp3) is 0.312. The van der Waals surface area contributed by atoms with E-state index in [2.05, 4.69) is 38.4 Å². The Bertz CT molecular complexity index is 833. The molecule has 4 rings (SSSR count). The molecule has 2 unspecified atom stereocenters. The largest absolute Gasteiger partial charge is 0.497 e.